The predicted octanol–water partition coefficient (Wildman–Crippen LogP) is 2.24. The SMILES string of the molecule is Cc1cc(=O)[nH]c(-c2ccc3cc(OCCN)ccc3c2)n1. The Morgan fingerprint density at radius 1 is 1.14 bits per heavy atom. The molecule has 3 rings (SSSR count). The topological polar surface area (TPSA) is 81.0 Å². The van der Waals surface area contributed by atoms with Crippen LogP contribution in [0.4, 0.5) is 0 Å². The van der Waals surface area contributed by atoms with E-state index >= 15 is 0 Å². The summed E-state index contributed by atoms with van der Waals surface area (Å²) in [5.74, 6) is 1.38. The Morgan fingerprint density at radius 2 is 1.91 bits per heavy atom. The number of nitrogens with zero attached hydrogens (tertiary/aromatic N) is 1. The Kier molecular flexibility index (Phi) is 3.89. The van der Waals surface area contributed by atoms with Crippen molar-refractivity contribution >= 4 is 10.8 Å². The second kappa shape index (κ2) is 5.99. The molecular formula is C17H17N3O2. The van der Waals surface area contributed by atoms with Crippen molar-refractivity contribution in [3.8, 4) is 17.1 Å². The first-order valence-corrected chi connectivity index (χ1v) is 7.11. The molecule has 3 aromatic rings. The van der Waals surface area contributed by atoms with Gasteiger partial charge in [-0.15, -0.1) is 0 Å². The molecule has 0 fully saturated rings. The molecule has 0 radical (unpaired) electrons. The lowest BCUT2D eigenvalue weighted by molar-refractivity contribution is 0.329. The van der Waals surface area contributed by atoms with Crippen LogP contribution in [-0.4, -0.2) is 23.1 Å². The van der Waals surface area contributed by atoms with Crippen molar-refractivity contribution in [3.63, 3.8) is 0 Å². The highest BCUT2D eigenvalue weighted by Crippen LogP contribution is 2.25. The van der Waals surface area contributed by atoms with E-state index in [1.54, 1.807) is 6.92 Å². The van der Waals surface area contributed by atoms with Gasteiger partial charge in [-0.1, -0.05) is 18.2 Å². The molecule has 1 aromatic heterocycles. The molecule has 5 heteroatoms. The lowest BCUT2D eigenvalue weighted by Crippen LogP contribution is -2.10. The molecule has 0 saturated heterocycles. The molecule has 1 heterocycles. The fraction of sp³-hybridized carbons (Fsp3) is 0.176. The molecule has 0 aliphatic carbocycles. The molecule has 0 bridgehead atoms. The molecule has 0 amide bonds. The maximum atomic E-state index is 11.6. The third-order valence-corrected chi connectivity index (χ3v) is 3.34. The van der Waals surface area contributed by atoms with Crippen LogP contribution in [0.3, 0.4) is 0 Å². The number of rotatable bonds is 4. The van der Waals surface area contributed by atoms with Crippen molar-refractivity contribution in [3.05, 3.63) is 58.5 Å². The van der Waals surface area contributed by atoms with E-state index < -0.39 is 0 Å². The monoisotopic (exact) mass is 295 g/mol. The first-order chi connectivity index (χ1) is 10.7. The van der Waals surface area contributed by atoms with Gasteiger partial charge in [0.05, 0.1) is 0 Å². The minimum atomic E-state index is -0.145. The van der Waals surface area contributed by atoms with Crippen LogP contribution in [0.25, 0.3) is 22.2 Å². The van der Waals surface area contributed by atoms with Crippen LogP contribution in [0.5, 0.6) is 5.75 Å². The number of aromatic nitrogens is 2. The number of aromatic amines is 1. The van der Waals surface area contributed by atoms with Gasteiger partial charge in [-0.05, 0) is 35.9 Å². The summed E-state index contributed by atoms with van der Waals surface area (Å²) >= 11 is 0. The second-order valence-corrected chi connectivity index (χ2v) is 5.10. The van der Waals surface area contributed by atoms with E-state index in [1.165, 1.54) is 6.07 Å². The van der Waals surface area contributed by atoms with Gasteiger partial charge in [-0.2, -0.15) is 0 Å². The Hall–Kier alpha value is -2.66. The maximum absolute atomic E-state index is 11.6. The van der Waals surface area contributed by atoms with Crippen LogP contribution in [0.15, 0.2) is 47.3 Å². The molecular weight excluding hydrogens is 278 g/mol. The number of nitrogens with two attached hydrogens (primary N) is 1. The van der Waals surface area contributed by atoms with Crippen molar-refractivity contribution in [1.82, 2.24) is 9.97 Å². The highest BCUT2D eigenvalue weighted by molar-refractivity contribution is 5.87. The number of fused-ring (bicyclic) bond motifs is 1. The summed E-state index contributed by atoms with van der Waals surface area (Å²) < 4.78 is 5.52. The number of ether oxygens (including phenoxy) is 1. The summed E-state index contributed by atoms with van der Waals surface area (Å²) in [6, 6.07) is 13.3. The van der Waals surface area contributed by atoms with Crippen molar-refractivity contribution in [2.75, 3.05) is 13.2 Å². The molecule has 112 valence electrons. The Labute approximate surface area is 127 Å². The first-order valence-electron chi connectivity index (χ1n) is 7.11. The summed E-state index contributed by atoms with van der Waals surface area (Å²) in [7, 11) is 0. The number of benzene rings is 2. The average molecular weight is 295 g/mol. The molecule has 0 aliphatic rings. The lowest BCUT2D eigenvalue weighted by atomic mass is 10.1. The zero-order valence-corrected chi connectivity index (χ0v) is 12.3. The molecule has 2 aromatic carbocycles. The van der Waals surface area contributed by atoms with Gasteiger partial charge in [0.2, 0.25) is 0 Å². The van der Waals surface area contributed by atoms with Gasteiger partial charge in [0.15, 0.2) is 0 Å². The zero-order chi connectivity index (χ0) is 15.5. The second-order valence-electron chi connectivity index (χ2n) is 5.10. The Balaban J connectivity index is 2.01. The third-order valence-electron chi connectivity index (χ3n) is 3.34. The van der Waals surface area contributed by atoms with Gasteiger partial charge >= 0.3 is 0 Å². The molecule has 0 atom stereocenters. The van der Waals surface area contributed by atoms with Crippen LogP contribution >= 0.6 is 0 Å². The highest BCUT2D eigenvalue weighted by atomic mass is 16.5. The fourth-order valence-corrected chi connectivity index (χ4v) is 2.35. The van der Waals surface area contributed by atoms with Crippen molar-refractivity contribution in [1.29, 1.82) is 0 Å². The average Bonchev–Trinajstić information content (AvgIpc) is 2.51. The van der Waals surface area contributed by atoms with Crippen molar-refractivity contribution in [2.24, 2.45) is 5.73 Å². The molecule has 22 heavy (non-hydrogen) atoms. The van der Waals surface area contributed by atoms with E-state index in [9.17, 15) is 4.79 Å². The molecule has 0 spiro atoms. The molecule has 3 N–H and O–H groups in total. The Bertz CT molecular complexity index is 871. The molecule has 5 nitrogen and oxygen atoms in total. The van der Waals surface area contributed by atoms with Gasteiger partial charge in [0, 0.05) is 23.9 Å². The smallest absolute Gasteiger partial charge is 0.251 e. The number of hydrogen-bond donors (Lipinski definition) is 2. The maximum Gasteiger partial charge on any atom is 0.251 e. The van der Waals surface area contributed by atoms with Crippen LogP contribution in [-0.2, 0) is 0 Å². The van der Waals surface area contributed by atoms with Crippen molar-refractivity contribution < 1.29 is 4.74 Å². The Morgan fingerprint density at radius 3 is 2.68 bits per heavy atom. The van der Waals surface area contributed by atoms with Gasteiger partial charge in [0.1, 0.15) is 18.2 Å². The molecule has 0 saturated carbocycles. The normalized spacial score (nSPS) is 10.8. The zero-order valence-electron chi connectivity index (χ0n) is 12.3. The van der Waals surface area contributed by atoms with Crippen LogP contribution in [0.1, 0.15) is 5.69 Å². The molecule has 0 aliphatic heterocycles. The van der Waals surface area contributed by atoms with E-state index in [1.807, 2.05) is 36.4 Å². The summed E-state index contributed by atoms with van der Waals surface area (Å²) in [5, 5.41) is 2.12. The summed E-state index contributed by atoms with van der Waals surface area (Å²) in [4.78, 5) is 18.7. The number of H-pyrrole nitrogens is 1. The minimum Gasteiger partial charge on any atom is -0.492 e. The minimum absolute atomic E-state index is 0.145. The largest absolute Gasteiger partial charge is 0.492 e. The summed E-state index contributed by atoms with van der Waals surface area (Å²) in [6.45, 7) is 2.79. The van der Waals surface area contributed by atoms with Gasteiger partial charge in [-0.3, -0.25) is 4.79 Å². The van der Waals surface area contributed by atoms with E-state index in [0.29, 0.717) is 24.7 Å². The number of aryl methyl sites for hydroxylation is 1. The van der Waals surface area contributed by atoms with Gasteiger partial charge < -0.3 is 15.5 Å². The summed E-state index contributed by atoms with van der Waals surface area (Å²) in [5.41, 5.74) is 6.87. The standard InChI is InChI=1S/C17H17N3O2/c1-11-8-16(21)20-17(19-11)14-3-2-13-10-15(22-7-6-18)5-4-12(13)9-14/h2-5,8-10H,6-7,18H2,1H3,(H,19,20,21). The predicted molar refractivity (Wildman–Crippen MR) is 87.1 cm³/mol. The number of nitrogens with one attached hydrogen (secondary N) is 1. The molecule has 0 unspecified atom stereocenters. The summed E-state index contributed by atoms with van der Waals surface area (Å²) in [6.07, 6.45) is 0. The highest BCUT2D eigenvalue weighted by Gasteiger charge is 2.04. The number of hydrogen-bond acceptors (Lipinski definition) is 4. The third kappa shape index (κ3) is 2.99. The van der Waals surface area contributed by atoms with Gasteiger partial charge in [0.25, 0.3) is 5.56 Å². The van der Waals surface area contributed by atoms with Gasteiger partial charge in [-0.25, -0.2) is 4.98 Å². The lowest BCUT2D eigenvalue weighted by Gasteiger charge is -2.07. The van der Waals surface area contributed by atoms with Crippen LogP contribution in [0.2, 0.25) is 0 Å². The van der Waals surface area contributed by atoms with Crippen LogP contribution in [0, 0.1) is 6.92 Å². The fourth-order valence-electron chi connectivity index (χ4n) is 2.35. The van der Waals surface area contributed by atoms with Crippen LogP contribution < -0.4 is 16.0 Å². The van der Waals surface area contributed by atoms with E-state index in [-0.39, 0.29) is 5.56 Å². The quantitative estimate of drug-likeness (QED) is 0.773. The first kappa shape index (κ1) is 14.3. The van der Waals surface area contributed by atoms with Crippen molar-refractivity contribution in [2.45, 2.75) is 6.92 Å². The van der Waals surface area contributed by atoms with E-state index in [0.717, 1.165) is 22.1 Å². The van der Waals surface area contributed by atoms with E-state index in [2.05, 4.69) is 9.97 Å². The van der Waals surface area contributed by atoms with E-state index in [4.69, 9.17) is 10.5 Å².